The maximum atomic E-state index is 13.0. The van der Waals surface area contributed by atoms with Crippen molar-refractivity contribution in [1.82, 2.24) is 5.32 Å². The molecule has 1 saturated heterocycles. The van der Waals surface area contributed by atoms with E-state index in [0.717, 1.165) is 23.0 Å². The zero-order valence-electron chi connectivity index (χ0n) is 7.19. The lowest BCUT2D eigenvalue weighted by molar-refractivity contribution is 0.605. The van der Waals surface area contributed by atoms with Gasteiger partial charge in [-0.3, -0.25) is 0 Å². The molecule has 2 rings (SSSR count). The van der Waals surface area contributed by atoms with E-state index < -0.39 is 0 Å². The third-order valence-electron chi connectivity index (χ3n) is 2.39. The Hall–Kier alpha value is -0.410. The maximum absolute atomic E-state index is 13.0. The van der Waals surface area contributed by atoms with E-state index in [9.17, 15) is 4.39 Å². The van der Waals surface area contributed by atoms with E-state index in [1.54, 1.807) is 12.1 Å². The van der Waals surface area contributed by atoms with Crippen LogP contribution in [-0.2, 0) is 0 Å². The monoisotopic (exact) mass is 243 g/mol. The smallest absolute Gasteiger partial charge is 0.123 e. The highest BCUT2D eigenvalue weighted by molar-refractivity contribution is 9.10. The summed E-state index contributed by atoms with van der Waals surface area (Å²) in [5, 5.41) is 3.34. The maximum Gasteiger partial charge on any atom is 0.123 e. The van der Waals surface area contributed by atoms with E-state index in [1.165, 1.54) is 12.5 Å². The van der Waals surface area contributed by atoms with Crippen LogP contribution in [0.25, 0.3) is 0 Å². The first-order valence-electron chi connectivity index (χ1n) is 4.46. The fourth-order valence-corrected chi connectivity index (χ4v) is 2.25. The summed E-state index contributed by atoms with van der Waals surface area (Å²) in [5.41, 5.74) is 1.04. The van der Waals surface area contributed by atoms with Crippen molar-refractivity contribution >= 4 is 15.9 Å². The van der Waals surface area contributed by atoms with Gasteiger partial charge in [0, 0.05) is 10.5 Å². The molecule has 1 aromatic carbocycles. The zero-order chi connectivity index (χ0) is 9.26. The second-order valence-electron chi connectivity index (χ2n) is 3.31. The molecule has 1 N–H and O–H groups in total. The molecule has 1 aromatic rings. The van der Waals surface area contributed by atoms with Gasteiger partial charge in [0.15, 0.2) is 0 Å². The van der Waals surface area contributed by atoms with Crippen LogP contribution in [0.15, 0.2) is 22.7 Å². The Kier molecular flexibility index (Phi) is 2.65. The minimum absolute atomic E-state index is 0.160. The number of benzene rings is 1. The molecule has 0 amide bonds. The molecule has 0 aromatic heterocycles. The minimum atomic E-state index is -0.160. The molecule has 1 aliphatic rings. The standard InChI is InChI=1S/C10H11BrFN/c11-9-4-3-7(12)6-8(9)10-2-1-5-13-10/h3-4,6,10,13H,1-2,5H2/t10-/m0/s1. The quantitative estimate of drug-likeness (QED) is 0.800. The second-order valence-corrected chi connectivity index (χ2v) is 4.17. The lowest BCUT2D eigenvalue weighted by Crippen LogP contribution is -2.13. The second kappa shape index (κ2) is 3.76. The Morgan fingerprint density at radius 3 is 3.00 bits per heavy atom. The van der Waals surface area contributed by atoms with Crippen molar-refractivity contribution in [2.75, 3.05) is 6.54 Å². The largest absolute Gasteiger partial charge is 0.310 e. The number of rotatable bonds is 1. The van der Waals surface area contributed by atoms with E-state index in [2.05, 4.69) is 21.2 Å². The molecule has 1 nitrogen and oxygen atoms in total. The van der Waals surface area contributed by atoms with Crippen molar-refractivity contribution in [3.63, 3.8) is 0 Å². The predicted octanol–water partition coefficient (Wildman–Crippen LogP) is 3.01. The summed E-state index contributed by atoms with van der Waals surface area (Å²) < 4.78 is 13.9. The van der Waals surface area contributed by atoms with Gasteiger partial charge in [0.1, 0.15) is 5.82 Å². The Balaban J connectivity index is 2.32. The van der Waals surface area contributed by atoms with E-state index in [4.69, 9.17) is 0 Å². The molecule has 0 spiro atoms. The van der Waals surface area contributed by atoms with Gasteiger partial charge in [0.05, 0.1) is 0 Å². The molecular weight excluding hydrogens is 233 g/mol. The Labute approximate surface area is 85.5 Å². The lowest BCUT2D eigenvalue weighted by atomic mass is 10.1. The zero-order valence-corrected chi connectivity index (χ0v) is 8.77. The van der Waals surface area contributed by atoms with Gasteiger partial charge in [0.2, 0.25) is 0 Å². The van der Waals surface area contributed by atoms with Gasteiger partial charge in [-0.1, -0.05) is 15.9 Å². The van der Waals surface area contributed by atoms with Crippen molar-refractivity contribution in [2.24, 2.45) is 0 Å². The van der Waals surface area contributed by atoms with Crippen LogP contribution in [0, 0.1) is 5.82 Å². The van der Waals surface area contributed by atoms with Crippen LogP contribution in [0.3, 0.4) is 0 Å². The molecule has 1 fully saturated rings. The molecule has 0 unspecified atom stereocenters. The minimum Gasteiger partial charge on any atom is -0.310 e. The molecule has 70 valence electrons. The Bertz CT molecular complexity index is 308. The lowest BCUT2D eigenvalue weighted by Gasteiger charge is -2.12. The van der Waals surface area contributed by atoms with E-state index in [1.807, 2.05) is 0 Å². The van der Waals surface area contributed by atoms with Crippen LogP contribution in [-0.4, -0.2) is 6.54 Å². The average Bonchev–Trinajstić information content (AvgIpc) is 2.61. The van der Waals surface area contributed by atoms with Gasteiger partial charge in [-0.25, -0.2) is 4.39 Å². The summed E-state index contributed by atoms with van der Waals surface area (Å²) in [6.45, 7) is 1.04. The van der Waals surface area contributed by atoms with E-state index in [0.29, 0.717) is 6.04 Å². The number of hydrogen-bond donors (Lipinski definition) is 1. The van der Waals surface area contributed by atoms with Crippen LogP contribution < -0.4 is 5.32 Å². The van der Waals surface area contributed by atoms with Crippen LogP contribution in [0.5, 0.6) is 0 Å². The summed E-state index contributed by atoms with van der Waals surface area (Å²) in [7, 11) is 0. The fourth-order valence-electron chi connectivity index (χ4n) is 1.73. The summed E-state index contributed by atoms with van der Waals surface area (Å²) in [4.78, 5) is 0. The van der Waals surface area contributed by atoms with Crippen molar-refractivity contribution in [2.45, 2.75) is 18.9 Å². The summed E-state index contributed by atoms with van der Waals surface area (Å²) in [6.07, 6.45) is 2.27. The van der Waals surface area contributed by atoms with Crippen molar-refractivity contribution in [1.29, 1.82) is 0 Å². The topological polar surface area (TPSA) is 12.0 Å². The van der Waals surface area contributed by atoms with Crippen LogP contribution in [0.4, 0.5) is 4.39 Å². The van der Waals surface area contributed by atoms with E-state index >= 15 is 0 Å². The molecule has 1 heterocycles. The average molecular weight is 244 g/mol. The summed E-state index contributed by atoms with van der Waals surface area (Å²) in [6, 6.07) is 5.17. The van der Waals surface area contributed by atoms with Gasteiger partial charge in [-0.15, -0.1) is 0 Å². The number of nitrogens with one attached hydrogen (secondary N) is 1. The molecule has 0 radical (unpaired) electrons. The molecule has 0 aliphatic carbocycles. The van der Waals surface area contributed by atoms with Gasteiger partial charge >= 0.3 is 0 Å². The fraction of sp³-hybridized carbons (Fsp3) is 0.400. The van der Waals surface area contributed by atoms with Crippen LogP contribution >= 0.6 is 15.9 Å². The summed E-state index contributed by atoms with van der Waals surface area (Å²) in [5.74, 6) is -0.160. The molecule has 0 saturated carbocycles. The van der Waals surface area contributed by atoms with Crippen LogP contribution in [0.2, 0.25) is 0 Å². The highest BCUT2D eigenvalue weighted by Gasteiger charge is 2.18. The SMILES string of the molecule is Fc1ccc(Br)c([C@@H]2CCCN2)c1. The van der Waals surface area contributed by atoms with Gasteiger partial charge < -0.3 is 5.32 Å². The van der Waals surface area contributed by atoms with Crippen molar-refractivity contribution < 1.29 is 4.39 Å². The van der Waals surface area contributed by atoms with Crippen LogP contribution in [0.1, 0.15) is 24.4 Å². The molecule has 1 aliphatic heterocycles. The molecule has 0 bridgehead atoms. The molecule has 13 heavy (non-hydrogen) atoms. The predicted molar refractivity (Wildman–Crippen MR) is 54.1 cm³/mol. The Morgan fingerprint density at radius 1 is 1.46 bits per heavy atom. The first kappa shape index (κ1) is 9.16. The molecular formula is C10H11BrFN. The number of hydrogen-bond acceptors (Lipinski definition) is 1. The first-order chi connectivity index (χ1) is 6.27. The number of halogens is 2. The Morgan fingerprint density at radius 2 is 2.31 bits per heavy atom. The van der Waals surface area contributed by atoms with Gasteiger partial charge in [0.25, 0.3) is 0 Å². The van der Waals surface area contributed by atoms with Gasteiger partial charge in [-0.2, -0.15) is 0 Å². The first-order valence-corrected chi connectivity index (χ1v) is 5.25. The van der Waals surface area contributed by atoms with Gasteiger partial charge in [-0.05, 0) is 43.1 Å². The molecule has 3 heteroatoms. The van der Waals surface area contributed by atoms with Crippen molar-refractivity contribution in [3.8, 4) is 0 Å². The summed E-state index contributed by atoms with van der Waals surface area (Å²) >= 11 is 3.43. The third kappa shape index (κ3) is 1.92. The van der Waals surface area contributed by atoms with Crippen molar-refractivity contribution in [3.05, 3.63) is 34.1 Å². The highest BCUT2D eigenvalue weighted by Crippen LogP contribution is 2.29. The molecule has 1 atom stereocenters. The third-order valence-corrected chi connectivity index (χ3v) is 3.12. The normalized spacial score (nSPS) is 22.2. The highest BCUT2D eigenvalue weighted by atomic mass is 79.9. The van der Waals surface area contributed by atoms with E-state index in [-0.39, 0.29) is 5.82 Å².